The summed E-state index contributed by atoms with van der Waals surface area (Å²) in [5.41, 5.74) is 1.88. The quantitative estimate of drug-likeness (QED) is 0.567. The van der Waals surface area contributed by atoms with Crippen LogP contribution in [0.1, 0.15) is 24.2 Å². The van der Waals surface area contributed by atoms with Crippen molar-refractivity contribution in [3.63, 3.8) is 0 Å². The number of rotatable bonds is 3. The lowest BCUT2D eigenvalue weighted by Crippen LogP contribution is -2.48. The maximum Gasteiger partial charge on any atom is 0.259 e. The van der Waals surface area contributed by atoms with Gasteiger partial charge in [0.1, 0.15) is 0 Å². The lowest BCUT2D eigenvalue weighted by molar-refractivity contribution is -0.0440. The second kappa shape index (κ2) is 8.61. The number of aromatic nitrogens is 2. The Balaban J connectivity index is 1.43. The van der Waals surface area contributed by atoms with Crippen molar-refractivity contribution in [3.05, 3.63) is 54.1 Å². The fraction of sp³-hybridized carbons (Fsp3) is 0.375. The van der Waals surface area contributed by atoms with Gasteiger partial charge < -0.3 is 9.64 Å². The van der Waals surface area contributed by atoms with Crippen molar-refractivity contribution >= 4 is 38.6 Å². The minimum absolute atomic E-state index is 0.162. The molecule has 1 aromatic heterocycles. The van der Waals surface area contributed by atoms with Crippen LogP contribution in [0.15, 0.2) is 53.4 Å². The number of hydrogen-bond acceptors (Lipinski definition) is 7. The summed E-state index contributed by atoms with van der Waals surface area (Å²) < 4.78 is 33.4. The summed E-state index contributed by atoms with van der Waals surface area (Å²) in [5, 5.41) is 0. The molecule has 1 fully saturated rings. The zero-order valence-electron chi connectivity index (χ0n) is 19.4. The van der Waals surface area contributed by atoms with Gasteiger partial charge in [-0.1, -0.05) is 12.1 Å². The number of sulfonamides is 1. The van der Waals surface area contributed by atoms with Crippen molar-refractivity contribution in [3.8, 4) is 0 Å². The Labute approximate surface area is 199 Å². The Bertz CT molecular complexity index is 1340. The van der Waals surface area contributed by atoms with Crippen molar-refractivity contribution in [2.24, 2.45) is 0 Å². The normalized spacial score (nSPS) is 21.5. The van der Waals surface area contributed by atoms with Gasteiger partial charge in [0.25, 0.3) is 5.91 Å². The Kier molecular flexibility index (Phi) is 5.75. The van der Waals surface area contributed by atoms with Crippen LogP contribution in [0.3, 0.4) is 0 Å². The second-order valence-electron chi connectivity index (χ2n) is 8.84. The van der Waals surface area contributed by atoms with E-state index >= 15 is 0 Å². The fourth-order valence-electron chi connectivity index (χ4n) is 4.48. The highest BCUT2D eigenvalue weighted by molar-refractivity contribution is 7.89. The summed E-state index contributed by atoms with van der Waals surface area (Å²) in [7, 11) is -1.75. The molecule has 34 heavy (non-hydrogen) atoms. The van der Waals surface area contributed by atoms with Crippen LogP contribution in [0.4, 0.5) is 11.6 Å². The molecule has 0 saturated carbocycles. The molecule has 2 aliphatic rings. The molecule has 178 valence electrons. The van der Waals surface area contributed by atoms with Crippen molar-refractivity contribution in [2.75, 3.05) is 43.0 Å². The molecule has 0 N–H and O–H groups in total. The smallest absolute Gasteiger partial charge is 0.259 e. The molecule has 0 bridgehead atoms. The minimum atomic E-state index is -3.68. The van der Waals surface area contributed by atoms with E-state index in [9.17, 15) is 13.2 Å². The van der Waals surface area contributed by atoms with E-state index in [0.717, 1.165) is 5.52 Å². The zero-order valence-corrected chi connectivity index (χ0v) is 20.2. The summed E-state index contributed by atoms with van der Waals surface area (Å²) in [6, 6.07) is 13.7. The van der Waals surface area contributed by atoms with Crippen LogP contribution >= 0.6 is 0 Å². The molecule has 2 unspecified atom stereocenters. The Morgan fingerprint density at radius 2 is 1.50 bits per heavy atom. The number of anilines is 2. The molecule has 2 aliphatic heterocycles. The lowest BCUT2D eigenvalue weighted by Gasteiger charge is -2.34. The number of benzene rings is 2. The fourth-order valence-corrected chi connectivity index (χ4v) is 6.07. The lowest BCUT2D eigenvalue weighted by atomic mass is 10.2. The van der Waals surface area contributed by atoms with Gasteiger partial charge >= 0.3 is 0 Å². The molecule has 2 atom stereocenters. The average Bonchev–Trinajstić information content (AvgIpc) is 2.82. The average molecular weight is 482 g/mol. The Morgan fingerprint density at radius 3 is 2.12 bits per heavy atom. The molecule has 0 radical (unpaired) electrons. The topological polar surface area (TPSA) is 95.9 Å². The van der Waals surface area contributed by atoms with Crippen LogP contribution in [0, 0.1) is 0 Å². The van der Waals surface area contributed by atoms with E-state index in [0.29, 0.717) is 48.9 Å². The highest BCUT2D eigenvalue weighted by Gasteiger charge is 2.33. The number of likely N-dealkylation sites (N-methyl/N-ethyl adjacent to an activating group) is 1. The van der Waals surface area contributed by atoms with Crippen molar-refractivity contribution < 1.29 is 17.9 Å². The second-order valence-corrected chi connectivity index (χ2v) is 10.8. The van der Waals surface area contributed by atoms with Crippen LogP contribution in [0.5, 0.6) is 0 Å². The van der Waals surface area contributed by atoms with Gasteiger partial charge in [0, 0.05) is 38.8 Å². The van der Waals surface area contributed by atoms with Crippen LogP contribution in [0.2, 0.25) is 0 Å². The van der Waals surface area contributed by atoms with E-state index in [1.54, 1.807) is 17.0 Å². The molecule has 9 nitrogen and oxygen atoms in total. The first kappa shape index (κ1) is 22.7. The molecule has 10 heteroatoms. The highest BCUT2D eigenvalue weighted by atomic mass is 32.2. The maximum absolute atomic E-state index is 13.4. The molecule has 0 spiro atoms. The van der Waals surface area contributed by atoms with Crippen molar-refractivity contribution in [1.29, 1.82) is 0 Å². The summed E-state index contributed by atoms with van der Waals surface area (Å²) in [6.45, 7) is 5.40. The number of carbonyl (C=O) groups is 1. The summed E-state index contributed by atoms with van der Waals surface area (Å²) in [6.07, 6.45) is -0.345. The number of nitrogens with zero attached hydrogens (tertiary/aromatic N) is 5. The SMILES string of the molecule is CC1CN(S(=O)(=O)c2ccc(C(=O)N3CCN(C)c4nc5ccccc5nc43)cc2)CC(C)O1. The van der Waals surface area contributed by atoms with E-state index in [4.69, 9.17) is 14.7 Å². The van der Waals surface area contributed by atoms with Crippen LogP contribution in [-0.2, 0) is 14.8 Å². The molecule has 5 rings (SSSR count). The van der Waals surface area contributed by atoms with Crippen molar-refractivity contribution in [1.82, 2.24) is 14.3 Å². The first-order valence-electron chi connectivity index (χ1n) is 11.3. The van der Waals surface area contributed by atoms with E-state index < -0.39 is 10.0 Å². The molecule has 1 amide bonds. The van der Waals surface area contributed by atoms with Gasteiger partial charge in [-0.2, -0.15) is 4.31 Å². The maximum atomic E-state index is 13.4. The van der Waals surface area contributed by atoms with Gasteiger partial charge in [0.15, 0.2) is 11.6 Å². The monoisotopic (exact) mass is 481 g/mol. The molecule has 2 aromatic carbocycles. The third-order valence-corrected chi connectivity index (χ3v) is 8.03. The Hall–Kier alpha value is -3.08. The van der Waals surface area contributed by atoms with E-state index in [1.807, 2.05) is 50.1 Å². The van der Waals surface area contributed by atoms with Crippen LogP contribution in [-0.4, -0.2) is 74.0 Å². The molecule has 3 aromatic rings. The minimum Gasteiger partial charge on any atom is -0.373 e. The number of hydrogen-bond donors (Lipinski definition) is 0. The summed E-state index contributed by atoms with van der Waals surface area (Å²) in [4.78, 5) is 26.6. The highest BCUT2D eigenvalue weighted by Crippen LogP contribution is 2.32. The van der Waals surface area contributed by atoms with Gasteiger partial charge in [-0.05, 0) is 50.2 Å². The van der Waals surface area contributed by atoms with E-state index in [-0.39, 0.29) is 23.0 Å². The molecule has 3 heterocycles. The van der Waals surface area contributed by atoms with Gasteiger partial charge in [-0.15, -0.1) is 0 Å². The number of carbonyl (C=O) groups excluding carboxylic acids is 1. The number of ether oxygens (including phenoxy) is 1. The van der Waals surface area contributed by atoms with Crippen LogP contribution in [0.25, 0.3) is 11.0 Å². The first-order chi connectivity index (χ1) is 16.2. The van der Waals surface area contributed by atoms with Crippen LogP contribution < -0.4 is 9.80 Å². The number of para-hydroxylation sites is 2. The van der Waals surface area contributed by atoms with Gasteiger partial charge in [-0.25, -0.2) is 18.4 Å². The van der Waals surface area contributed by atoms with Gasteiger partial charge in [-0.3, -0.25) is 9.69 Å². The third kappa shape index (κ3) is 4.02. The largest absolute Gasteiger partial charge is 0.373 e. The molecular weight excluding hydrogens is 454 g/mol. The predicted octanol–water partition coefficient (Wildman–Crippen LogP) is 2.52. The van der Waals surface area contributed by atoms with Gasteiger partial charge in [0.2, 0.25) is 10.0 Å². The number of fused-ring (bicyclic) bond motifs is 2. The standard InChI is InChI=1S/C24H27N5O4S/c1-16-14-28(15-17(2)33-16)34(31,32)19-10-8-18(9-11-19)24(30)29-13-12-27(3)22-23(29)26-21-7-5-4-6-20(21)25-22/h4-11,16-17H,12-15H2,1-3H3. The first-order valence-corrected chi connectivity index (χ1v) is 12.7. The predicted molar refractivity (Wildman–Crippen MR) is 130 cm³/mol. The Morgan fingerprint density at radius 1 is 0.912 bits per heavy atom. The van der Waals surface area contributed by atoms with E-state index in [1.165, 1.54) is 16.4 Å². The van der Waals surface area contributed by atoms with Crippen molar-refractivity contribution in [2.45, 2.75) is 31.0 Å². The third-order valence-electron chi connectivity index (χ3n) is 6.18. The zero-order chi connectivity index (χ0) is 24.0. The molecule has 1 saturated heterocycles. The molecule has 0 aliphatic carbocycles. The summed E-state index contributed by atoms with van der Waals surface area (Å²) >= 11 is 0. The number of morpholine rings is 1. The van der Waals surface area contributed by atoms with Gasteiger partial charge in [0.05, 0.1) is 28.1 Å². The summed E-state index contributed by atoms with van der Waals surface area (Å²) in [5.74, 6) is 0.912. The number of amides is 1. The molecular formula is C24H27N5O4S. The van der Waals surface area contributed by atoms with E-state index in [2.05, 4.69) is 0 Å².